The van der Waals surface area contributed by atoms with Crippen LogP contribution >= 0.6 is 0 Å². The minimum absolute atomic E-state index is 0.394. The Morgan fingerprint density at radius 2 is 2.20 bits per heavy atom. The number of carboxylic acids is 1. The fourth-order valence-corrected chi connectivity index (χ4v) is 1.06. The van der Waals surface area contributed by atoms with Gasteiger partial charge in [-0.1, -0.05) is 0 Å². The second-order valence-corrected chi connectivity index (χ2v) is 3.30. The topological polar surface area (TPSA) is 84.2 Å². The van der Waals surface area contributed by atoms with Crippen molar-refractivity contribution in [3.05, 3.63) is 17.5 Å². The smallest absolute Gasteiger partial charge is 0.325 e. The number of nitrogens with one attached hydrogen (secondary N) is 1. The summed E-state index contributed by atoms with van der Waals surface area (Å²) in [6, 6.07) is -0.905. The molecule has 0 radical (unpaired) electrons. The minimum Gasteiger partial charge on any atom is -0.480 e. The van der Waals surface area contributed by atoms with E-state index in [2.05, 4.69) is 10.4 Å². The Balaban J connectivity index is 2.78. The lowest BCUT2D eigenvalue weighted by atomic mass is 10.2. The molecule has 0 aliphatic carbocycles. The summed E-state index contributed by atoms with van der Waals surface area (Å²) < 4.78 is 1.56. The first-order valence-electron chi connectivity index (χ1n) is 4.45. The number of aryl methyl sites for hydroxylation is 1. The van der Waals surface area contributed by atoms with Crippen LogP contribution in [0.25, 0.3) is 0 Å². The highest BCUT2D eigenvalue weighted by molar-refractivity contribution is 5.97. The van der Waals surface area contributed by atoms with Crippen molar-refractivity contribution >= 4 is 11.9 Å². The van der Waals surface area contributed by atoms with Crippen LogP contribution in [0.2, 0.25) is 0 Å². The second kappa shape index (κ2) is 4.12. The fraction of sp³-hybridized carbons (Fsp3) is 0.444. The summed E-state index contributed by atoms with van der Waals surface area (Å²) in [5, 5.41) is 14.9. The first-order valence-corrected chi connectivity index (χ1v) is 4.45. The predicted octanol–water partition coefficient (Wildman–Crippen LogP) is -0.0686. The molecule has 0 aliphatic heterocycles. The van der Waals surface area contributed by atoms with Crippen molar-refractivity contribution < 1.29 is 14.7 Å². The van der Waals surface area contributed by atoms with Gasteiger partial charge in [0.1, 0.15) is 6.04 Å². The van der Waals surface area contributed by atoms with Gasteiger partial charge in [0.15, 0.2) is 0 Å². The Labute approximate surface area is 86.9 Å². The number of aromatic nitrogens is 2. The van der Waals surface area contributed by atoms with Crippen LogP contribution in [0.5, 0.6) is 0 Å². The molecule has 1 atom stereocenters. The first kappa shape index (κ1) is 11.2. The minimum atomic E-state index is -1.06. The monoisotopic (exact) mass is 211 g/mol. The van der Waals surface area contributed by atoms with Gasteiger partial charge in [0.2, 0.25) is 0 Å². The van der Waals surface area contributed by atoms with E-state index in [-0.39, 0.29) is 0 Å². The standard InChI is InChI=1S/C9H13N3O3/c1-5(9(14)15)11-8(13)7-4-10-12(3)6(7)2/h4-5H,1-3H3,(H,11,13)(H,14,15). The lowest BCUT2D eigenvalue weighted by Gasteiger charge is -2.08. The average molecular weight is 211 g/mol. The molecule has 1 aromatic rings. The number of hydrogen-bond donors (Lipinski definition) is 2. The van der Waals surface area contributed by atoms with Gasteiger partial charge in [-0.05, 0) is 13.8 Å². The van der Waals surface area contributed by atoms with Crippen molar-refractivity contribution in [2.24, 2.45) is 7.05 Å². The van der Waals surface area contributed by atoms with Crippen molar-refractivity contribution in [3.63, 3.8) is 0 Å². The summed E-state index contributed by atoms with van der Waals surface area (Å²) in [5.74, 6) is -1.49. The first-order chi connectivity index (χ1) is 6.93. The molecule has 1 rings (SSSR count). The lowest BCUT2D eigenvalue weighted by Crippen LogP contribution is -2.38. The molecule has 0 saturated heterocycles. The van der Waals surface area contributed by atoms with E-state index in [0.717, 1.165) is 0 Å². The molecule has 0 spiro atoms. The molecule has 0 aromatic carbocycles. The number of aliphatic carboxylic acids is 1. The molecule has 0 bridgehead atoms. The summed E-state index contributed by atoms with van der Waals surface area (Å²) >= 11 is 0. The Kier molecular flexibility index (Phi) is 3.08. The van der Waals surface area contributed by atoms with Gasteiger partial charge >= 0.3 is 5.97 Å². The summed E-state index contributed by atoms with van der Waals surface area (Å²) in [6.07, 6.45) is 1.42. The number of carboxylic acid groups (broad SMARTS) is 1. The highest BCUT2D eigenvalue weighted by Crippen LogP contribution is 2.05. The van der Waals surface area contributed by atoms with E-state index in [1.165, 1.54) is 13.1 Å². The highest BCUT2D eigenvalue weighted by atomic mass is 16.4. The quantitative estimate of drug-likeness (QED) is 0.733. The summed E-state index contributed by atoms with van der Waals surface area (Å²) in [7, 11) is 1.72. The maximum absolute atomic E-state index is 11.6. The summed E-state index contributed by atoms with van der Waals surface area (Å²) in [4.78, 5) is 22.1. The van der Waals surface area contributed by atoms with Crippen LogP contribution in [0.15, 0.2) is 6.20 Å². The second-order valence-electron chi connectivity index (χ2n) is 3.30. The van der Waals surface area contributed by atoms with Gasteiger partial charge < -0.3 is 10.4 Å². The Morgan fingerprint density at radius 1 is 1.60 bits per heavy atom. The molecule has 1 aromatic heterocycles. The molecule has 6 nitrogen and oxygen atoms in total. The van der Waals surface area contributed by atoms with Crippen LogP contribution in [-0.4, -0.2) is 32.8 Å². The zero-order chi connectivity index (χ0) is 11.6. The normalized spacial score (nSPS) is 12.2. The Bertz CT molecular complexity index is 397. The van der Waals surface area contributed by atoms with E-state index in [4.69, 9.17) is 5.11 Å². The number of rotatable bonds is 3. The van der Waals surface area contributed by atoms with E-state index in [9.17, 15) is 9.59 Å². The van der Waals surface area contributed by atoms with Gasteiger partial charge in [0.05, 0.1) is 11.8 Å². The van der Waals surface area contributed by atoms with E-state index >= 15 is 0 Å². The zero-order valence-electron chi connectivity index (χ0n) is 8.81. The molecule has 15 heavy (non-hydrogen) atoms. The van der Waals surface area contributed by atoms with Crippen molar-refractivity contribution in [2.45, 2.75) is 19.9 Å². The largest absolute Gasteiger partial charge is 0.480 e. The third-order valence-corrected chi connectivity index (χ3v) is 2.20. The molecule has 1 unspecified atom stereocenters. The van der Waals surface area contributed by atoms with Crippen molar-refractivity contribution in [1.29, 1.82) is 0 Å². The van der Waals surface area contributed by atoms with Crippen LogP contribution in [0.3, 0.4) is 0 Å². The molecular formula is C9H13N3O3. The van der Waals surface area contributed by atoms with Gasteiger partial charge in [-0.3, -0.25) is 14.3 Å². The van der Waals surface area contributed by atoms with Crippen LogP contribution in [-0.2, 0) is 11.8 Å². The van der Waals surface area contributed by atoms with E-state index in [1.807, 2.05) is 0 Å². The summed E-state index contributed by atoms with van der Waals surface area (Å²) in [5.41, 5.74) is 1.09. The molecule has 6 heteroatoms. The Hall–Kier alpha value is -1.85. The Morgan fingerprint density at radius 3 is 2.60 bits per heavy atom. The van der Waals surface area contributed by atoms with Gasteiger partial charge in [0, 0.05) is 12.7 Å². The molecule has 1 amide bonds. The molecule has 0 fully saturated rings. The summed E-state index contributed by atoms with van der Waals surface area (Å²) in [6.45, 7) is 3.15. The van der Waals surface area contributed by atoms with E-state index in [1.54, 1.807) is 18.7 Å². The molecular weight excluding hydrogens is 198 g/mol. The SMILES string of the molecule is Cc1c(C(=O)NC(C)C(=O)O)cnn1C. The maximum atomic E-state index is 11.6. The van der Waals surface area contributed by atoms with Crippen molar-refractivity contribution in [2.75, 3.05) is 0 Å². The average Bonchev–Trinajstić information content (AvgIpc) is 2.47. The van der Waals surface area contributed by atoms with Crippen LogP contribution in [0.4, 0.5) is 0 Å². The van der Waals surface area contributed by atoms with Crippen LogP contribution < -0.4 is 5.32 Å². The zero-order valence-corrected chi connectivity index (χ0v) is 8.81. The number of amides is 1. The van der Waals surface area contributed by atoms with Crippen molar-refractivity contribution in [3.8, 4) is 0 Å². The van der Waals surface area contributed by atoms with E-state index < -0.39 is 17.9 Å². The number of carbonyl (C=O) groups is 2. The van der Waals surface area contributed by atoms with Crippen molar-refractivity contribution in [1.82, 2.24) is 15.1 Å². The number of carbonyl (C=O) groups excluding carboxylic acids is 1. The number of hydrogen-bond acceptors (Lipinski definition) is 3. The van der Waals surface area contributed by atoms with Gasteiger partial charge in [-0.15, -0.1) is 0 Å². The van der Waals surface area contributed by atoms with Gasteiger partial charge in [-0.2, -0.15) is 5.10 Å². The maximum Gasteiger partial charge on any atom is 0.325 e. The fourth-order valence-electron chi connectivity index (χ4n) is 1.06. The molecule has 0 saturated carbocycles. The number of nitrogens with zero attached hydrogens (tertiary/aromatic N) is 2. The van der Waals surface area contributed by atoms with Crippen LogP contribution in [0.1, 0.15) is 23.0 Å². The molecule has 82 valence electrons. The molecule has 2 N–H and O–H groups in total. The molecule has 1 heterocycles. The highest BCUT2D eigenvalue weighted by Gasteiger charge is 2.18. The van der Waals surface area contributed by atoms with Gasteiger partial charge in [-0.25, -0.2) is 0 Å². The van der Waals surface area contributed by atoms with Crippen LogP contribution in [0, 0.1) is 6.92 Å². The molecule has 0 aliphatic rings. The lowest BCUT2D eigenvalue weighted by molar-refractivity contribution is -0.138. The predicted molar refractivity (Wildman–Crippen MR) is 52.5 cm³/mol. The van der Waals surface area contributed by atoms with Gasteiger partial charge in [0.25, 0.3) is 5.91 Å². The third kappa shape index (κ3) is 2.34. The van der Waals surface area contributed by atoms with E-state index in [0.29, 0.717) is 11.3 Å². The third-order valence-electron chi connectivity index (χ3n) is 2.20.